The van der Waals surface area contributed by atoms with Crippen molar-refractivity contribution in [3.63, 3.8) is 0 Å². The van der Waals surface area contributed by atoms with Gasteiger partial charge >= 0.3 is 0 Å². The van der Waals surface area contributed by atoms with E-state index in [1.54, 1.807) is 0 Å². The molecule has 0 heterocycles. The van der Waals surface area contributed by atoms with Gasteiger partial charge in [-0.25, -0.2) is 0 Å². The van der Waals surface area contributed by atoms with E-state index >= 15 is 0 Å². The Kier molecular flexibility index (Phi) is 6.78. The van der Waals surface area contributed by atoms with Crippen LogP contribution in [0.1, 0.15) is 26.2 Å². The summed E-state index contributed by atoms with van der Waals surface area (Å²) in [4.78, 5) is 2.35. The molecule has 0 spiro atoms. The highest BCUT2D eigenvalue weighted by Crippen LogP contribution is 1.99. The van der Waals surface area contributed by atoms with Crippen LogP contribution >= 0.6 is 0 Å². The molecule has 0 rings (SSSR count). The lowest BCUT2D eigenvalue weighted by Gasteiger charge is -2.15. The molecule has 0 atom stereocenters. The molecule has 0 bridgehead atoms. The van der Waals surface area contributed by atoms with Crippen LogP contribution in [0.15, 0.2) is 24.8 Å². The highest BCUT2D eigenvalue weighted by molar-refractivity contribution is 4.88. The van der Waals surface area contributed by atoms with Crippen LogP contribution in [-0.4, -0.2) is 25.0 Å². The van der Waals surface area contributed by atoms with E-state index in [0.29, 0.717) is 0 Å². The molecule has 0 amide bonds. The van der Waals surface area contributed by atoms with Crippen LogP contribution in [0.5, 0.6) is 0 Å². The van der Waals surface area contributed by atoms with Crippen LogP contribution in [0, 0.1) is 0 Å². The lowest BCUT2D eigenvalue weighted by Crippen LogP contribution is -2.20. The van der Waals surface area contributed by atoms with Gasteiger partial charge in [-0.3, -0.25) is 0 Å². The number of nitrogens with zero attached hydrogens (tertiary/aromatic N) is 1. The van der Waals surface area contributed by atoms with Crippen molar-refractivity contribution in [2.24, 2.45) is 0 Å². The van der Waals surface area contributed by atoms with Crippen LogP contribution in [0.25, 0.3) is 0 Å². The van der Waals surface area contributed by atoms with Gasteiger partial charge in [0.05, 0.1) is 0 Å². The quantitative estimate of drug-likeness (QED) is 0.416. The summed E-state index contributed by atoms with van der Waals surface area (Å²) in [6.45, 7) is 12.0. The molecule has 0 aromatic rings. The largest absolute Gasteiger partial charge is 0.306 e. The van der Waals surface area contributed by atoms with E-state index in [9.17, 15) is 0 Å². The third-order valence-electron chi connectivity index (χ3n) is 1.87. The zero-order valence-corrected chi connectivity index (χ0v) is 8.47. The van der Waals surface area contributed by atoms with E-state index in [0.717, 1.165) is 19.4 Å². The van der Waals surface area contributed by atoms with Crippen LogP contribution in [-0.2, 0) is 0 Å². The molecular formula is C11H21N. The molecule has 1 heteroatoms. The van der Waals surface area contributed by atoms with Crippen LogP contribution in [0.3, 0.4) is 0 Å². The highest BCUT2D eigenvalue weighted by atomic mass is 15.1. The van der Waals surface area contributed by atoms with Crippen molar-refractivity contribution in [3.05, 3.63) is 24.8 Å². The second-order valence-corrected chi connectivity index (χ2v) is 3.44. The fraction of sp³-hybridized carbons (Fsp3) is 0.636. The van der Waals surface area contributed by atoms with Crippen LogP contribution in [0.2, 0.25) is 0 Å². The van der Waals surface area contributed by atoms with E-state index in [4.69, 9.17) is 0 Å². The van der Waals surface area contributed by atoms with Gasteiger partial charge in [0.1, 0.15) is 0 Å². The SMILES string of the molecule is C=CCCCN(C)CCC(=C)C. The van der Waals surface area contributed by atoms with Crippen LogP contribution in [0.4, 0.5) is 0 Å². The average Bonchev–Trinajstić information content (AvgIpc) is 2.01. The minimum atomic E-state index is 1.12. The lowest BCUT2D eigenvalue weighted by atomic mass is 10.2. The first kappa shape index (κ1) is 11.4. The van der Waals surface area contributed by atoms with E-state index in [1.165, 1.54) is 18.5 Å². The minimum absolute atomic E-state index is 1.12. The highest BCUT2D eigenvalue weighted by Gasteiger charge is 1.96. The Morgan fingerprint density at radius 1 is 1.42 bits per heavy atom. The molecular weight excluding hydrogens is 146 g/mol. The number of rotatable bonds is 7. The summed E-state index contributed by atoms with van der Waals surface area (Å²) in [6.07, 6.45) is 5.44. The molecule has 0 fully saturated rings. The summed E-state index contributed by atoms with van der Waals surface area (Å²) in [6, 6.07) is 0. The summed E-state index contributed by atoms with van der Waals surface area (Å²) in [5.41, 5.74) is 1.27. The van der Waals surface area contributed by atoms with Crippen molar-refractivity contribution in [2.45, 2.75) is 26.2 Å². The zero-order chi connectivity index (χ0) is 9.40. The average molecular weight is 167 g/mol. The Labute approximate surface area is 76.8 Å². The number of unbranched alkanes of at least 4 members (excludes halogenated alkanes) is 1. The maximum atomic E-state index is 3.88. The summed E-state index contributed by atoms with van der Waals surface area (Å²) >= 11 is 0. The fourth-order valence-electron chi connectivity index (χ4n) is 0.999. The monoisotopic (exact) mass is 167 g/mol. The van der Waals surface area contributed by atoms with E-state index in [-0.39, 0.29) is 0 Å². The molecule has 0 aliphatic rings. The Morgan fingerprint density at radius 2 is 2.08 bits per heavy atom. The molecule has 0 aromatic carbocycles. The Bertz CT molecular complexity index is 138. The Morgan fingerprint density at radius 3 is 2.58 bits per heavy atom. The fourth-order valence-corrected chi connectivity index (χ4v) is 0.999. The van der Waals surface area contributed by atoms with E-state index < -0.39 is 0 Å². The molecule has 12 heavy (non-hydrogen) atoms. The van der Waals surface area contributed by atoms with Gasteiger partial charge in [-0.05, 0) is 39.8 Å². The number of hydrogen-bond donors (Lipinski definition) is 0. The van der Waals surface area contributed by atoms with Crippen molar-refractivity contribution in [1.82, 2.24) is 4.90 Å². The second-order valence-electron chi connectivity index (χ2n) is 3.44. The molecule has 1 nitrogen and oxygen atoms in total. The first-order valence-corrected chi connectivity index (χ1v) is 4.60. The molecule has 0 aliphatic carbocycles. The zero-order valence-electron chi connectivity index (χ0n) is 8.47. The lowest BCUT2D eigenvalue weighted by molar-refractivity contribution is 0.334. The first-order chi connectivity index (χ1) is 5.66. The summed E-state index contributed by atoms with van der Waals surface area (Å²) in [5.74, 6) is 0. The van der Waals surface area contributed by atoms with Crippen molar-refractivity contribution < 1.29 is 0 Å². The van der Waals surface area contributed by atoms with Crippen molar-refractivity contribution >= 4 is 0 Å². The molecule has 0 N–H and O–H groups in total. The van der Waals surface area contributed by atoms with Gasteiger partial charge in [0.2, 0.25) is 0 Å². The Balaban J connectivity index is 3.26. The maximum absolute atomic E-state index is 3.88. The molecule has 0 aromatic heterocycles. The van der Waals surface area contributed by atoms with Gasteiger partial charge in [0.15, 0.2) is 0 Å². The van der Waals surface area contributed by atoms with Gasteiger partial charge in [0.25, 0.3) is 0 Å². The summed E-state index contributed by atoms with van der Waals surface area (Å²) in [7, 11) is 2.16. The molecule has 0 radical (unpaired) electrons. The number of allylic oxidation sites excluding steroid dienone is 1. The van der Waals surface area contributed by atoms with Gasteiger partial charge < -0.3 is 4.90 Å². The Hall–Kier alpha value is -0.560. The number of hydrogen-bond acceptors (Lipinski definition) is 1. The second kappa shape index (κ2) is 7.11. The molecule has 70 valence electrons. The van der Waals surface area contributed by atoms with Gasteiger partial charge in [-0.1, -0.05) is 11.6 Å². The first-order valence-electron chi connectivity index (χ1n) is 4.60. The van der Waals surface area contributed by atoms with Gasteiger partial charge in [0, 0.05) is 6.54 Å². The minimum Gasteiger partial charge on any atom is -0.306 e. The van der Waals surface area contributed by atoms with Crippen LogP contribution < -0.4 is 0 Å². The van der Waals surface area contributed by atoms with Crippen molar-refractivity contribution in [2.75, 3.05) is 20.1 Å². The molecule has 0 unspecified atom stereocenters. The maximum Gasteiger partial charge on any atom is 0.00153 e. The standard InChI is InChI=1S/C11H21N/c1-5-6-7-9-12(4)10-8-11(2)3/h5H,1-2,6-10H2,3-4H3. The smallest absolute Gasteiger partial charge is 0.00153 e. The molecule has 0 saturated carbocycles. The van der Waals surface area contributed by atoms with E-state index in [2.05, 4.69) is 32.0 Å². The van der Waals surface area contributed by atoms with Crippen molar-refractivity contribution in [3.8, 4) is 0 Å². The third-order valence-corrected chi connectivity index (χ3v) is 1.87. The summed E-state index contributed by atoms with van der Waals surface area (Å²) in [5, 5.41) is 0. The van der Waals surface area contributed by atoms with Gasteiger partial charge in [-0.2, -0.15) is 0 Å². The topological polar surface area (TPSA) is 3.24 Å². The molecule has 0 saturated heterocycles. The van der Waals surface area contributed by atoms with Crippen molar-refractivity contribution in [1.29, 1.82) is 0 Å². The predicted octanol–water partition coefficient (Wildman–Crippen LogP) is 2.85. The predicted molar refractivity (Wildman–Crippen MR) is 56.4 cm³/mol. The normalized spacial score (nSPS) is 10.2. The third kappa shape index (κ3) is 7.55. The molecule has 0 aliphatic heterocycles. The van der Waals surface area contributed by atoms with Gasteiger partial charge in [-0.15, -0.1) is 13.2 Å². The summed E-state index contributed by atoms with van der Waals surface area (Å²) < 4.78 is 0. The van der Waals surface area contributed by atoms with E-state index in [1.807, 2.05) is 6.08 Å².